The van der Waals surface area contributed by atoms with E-state index in [1.54, 1.807) is 21.9 Å². The van der Waals surface area contributed by atoms with Crippen LogP contribution < -0.4 is 15.1 Å². The summed E-state index contributed by atoms with van der Waals surface area (Å²) >= 11 is 0. The lowest BCUT2D eigenvalue weighted by Crippen LogP contribution is -2.49. The van der Waals surface area contributed by atoms with Gasteiger partial charge in [0.15, 0.2) is 0 Å². The average molecular weight is 564 g/mol. The Morgan fingerprint density at radius 1 is 1.07 bits per heavy atom. The molecule has 3 aromatic rings. The van der Waals surface area contributed by atoms with Gasteiger partial charge in [-0.1, -0.05) is 30.8 Å². The van der Waals surface area contributed by atoms with Crippen LogP contribution >= 0.6 is 0 Å². The molecule has 2 aromatic carbocycles. The van der Waals surface area contributed by atoms with Crippen LogP contribution in [0.2, 0.25) is 0 Å². The normalized spacial score (nSPS) is 18.9. The smallest absolute Gasteiger partial charge is 0.261 e. The zero-order valence-corrected chi connectivity index (χ0v) is 23.0. The predicted molar refractivity (Wildman–Crippen MR) is 156 cm³/mol. The summed E-state index contributed by atoms with van der Waals surface area (Å²) in [6.45, 7) is 8.44. The molecule has 41 heavy (non-hydrogen) atoms. The lowest BCUT2D eigenvalue weighted by atomic mass is 10.0. The predicted octanol–water partition coefficient (Wildman–Crippen LogP) is 3.49. The highest BCUT2D eigenvalue weighted by Gasteiger charge is 2.37. The number of phenols is 1. The van der Waals surface area contributed by atoms with E-state index in [1.165, 1.54) is 6.08 Å². The number of piperazine rings is 1. The van der Waals surface area contributed by atoms with E-state index in [0.29, 0.717) is 58.3 Å². The first-order valence-electron chi connectivity index (χ1n) is 14.2. The Balaban J connectivity index is 1.27. The fourth-order valence-electron chi connectivity index (χ4n) is 6.08. The van der Waals surface area contributed by atoms with Gasteiger partial charge in [-0.05, 0) is 23.9 Å². The van der Waals surface area contributed by atoms with Crippen molar-refractivity contribution in [2.75, 3.05) is 74.0 Å². The van der Waals surface area contributed by atoms with Crippen molar-refractivity contribution >= 4 is 34.1 Å². The summed E-state index contributed by atoms with van der Waals surface area (Å²) in [4.78, 5) is 29.9. The van der Waals surface area contributed by atoms with Gasteiger partial charge in [0.05, 0.1) is 18.8 Å². The Hall–Kier alpha value is -3.99. The summed E-state index contributed by atoms with van der Waals surface area (Å²) in [5, 5.41) is 15.8. The first-order valence-corrected chi connectivity index (χ1v) is 14.2. The van der Waals surface area contributed by atoms with E-state index in [2.05, 4.69) is 27.8 Å². The number of carbonyl (C=O) groups excluding carboxylic acids is 1. The van der Waals surface area contributed by atoms with Crippen LogP contribution in [0.4, 0.5) is 26.2 Å². The highest BCUT2D eigenvalue weighted by atomic mass is 19.3. The molecule has 9 nitrogen and oxygen atoms in total. The molecule has 6 rings (SSSR count). The molecule has 0 radical (unpaired) electrons. The summed E-state index contributed by atoms with van der Waals surface area (Å²) in [5.74, 6) is -1.15. The fraction of sp³-hybridized carbons (Fsp3) is 0.433. The van der Waals surface area contributed by atoms with Crippen molar-refractivity contribution in [3.63, 3.8) is 0 Å². The Bertz CT molecular complexity index is 1460. The number of nitrogens with one attached hydrogen (secondary N) is 1. The van der Waals surface area contributed by atoms with Crippen LogP contribution in [0.5, 0.6) is 5.75 Å². The Kier molecular flexibility index (Phi) is 7.37. The molecule has 1 aromatic heterocycles. The Morgan fingerprint density at radius 2 is 1.88 bits per heavy atom. The maximum absolute atomic E-state index is 13.6. The second-order valence-electron chi connectivity index (χ2n) is 11.0. The summed E-state index contributed by atoms with van der Waals surface area (Å²) in [6, 6.07) is 11.6. The largest absolute Gasteiger partial charge is 0.508 e. The van der Waals surface area contributed by atoms with Gasteiger partial charge < -0.3 is 25.1 Å². The number of hydrogen-bond acceptors (Lipinski definition) is 8. The van der Waals surface area contributed by atoms with Crippen molar-refractivity contribution in [3.05, 3.63) is 60.3 Å². The number of anilines is 3. The number of benzene rings is 2. The van der Waals surface area contributed by atoms with E-state index in [9.17, 15) is 18.7 Å². The number of nitrogens with zero attached hydrogens (tertiary/aromatic N) is 6. The van der Waals surface area contributed by atoms with E-state index in [4.69, 9.17) is 9.97 Å². The van der Waals surface area contributed by atoms with E-state index in [1.807, 2.05) is 18.2 Å². The lowest BCUT2D eigenvalue weighted by Gasteiger charge is -2.38. The molecule has 4 heterocycles. The van der Waals surface area contributed by atoms with Crippen LogP contribution in [0.1, 0.15) is 17.7 Å². The number of alkyl halides is 2. The zero-order chi connectivity index (χ0) is 28.6. The second-order valence-corrected chi connectivity index (χ2v) is 11.0. The van der Waals surface area contributed by atoms with Crippen LogP contribution in [-0.4, -0.2) is 95.6 Å². The first kappa shape index (κ1) is 27.2. The van der Waals surface area contributed by atoms with E-state index >= 15 is 0 Å². The van der Waals surface area contributed by atoms with Crippen molar-refractivity contribution in [2.24, 2.45) is 0 Å². The molecule has 216 valence electrons. The molecule has 0 saturated carbocycles. The zero-order valence-electron chi connectivity index (χ0n) is 23.0. The molecule has 0 aliphatic carbocycles. The van der Waals surface area contributed by atoms with Gasteiger partial charge in [-0.25, -0.2) is 13.8 Å². The topological polar surface area (TPSA) is 88.1 Å². The third kappa shape index (κ3) is 5.76. The van der Waals surface area contributed by atoms with Gasteiger partial charge in [0.25, 0.3) is 5.92 Å². The van der Waals surface area contributed by atoms with Gasteiger partial charge in [0.1, 0.15) is 11.6 Å². The SMILES string of the molecule is C=CC(=O)N1CCN(c2nc(NCCN3CCC(F)(F)C3)nc3c2CCN(c2cc(O)cc4ccccc24)C3)CC1. The molecule has 2 fully saturated rings. The Morgan fingerprint density at radius 3 is 2.63 bits per heavy atom. The van der Waals surface area contributed by atoms with Crippen molar-refractivity contribution in [2.45, 2.75) is 25.3 Å². The third-order valence-corrected chi connectivity index (χ3v) is 8.23. The number of likely N-dealkylation sites (tertiary alicyclic amines) is 1. The molecule has 0 unspecified atom stereocenters. The van der Waals surface area contributed by atoms with Crippen LogP contribution in [-0.2, 0) is 17.8 Å². The maximum atomic E-state index is 13.6. The highest BCUT2D eigenvalue weighted by Crippen LogP contribution is 2.36. The first-order chi connectivity index (χ1) is 19.8. The number of fused-ring (bicyclic) bond motifs is 2. The minimum Gasteiger partial charge on any atom is -0.508 e. The number of hydrogen-bond donors (Lipinski definition) is 2. The standard InChI is InChI=1S/C30H35F2N7O2/c1-2-27(41)37-13-15-38(16-14-37)28-24-7-10-39(26-18-22(40)17-21-5-3-4-6-23(21)26)19-25(24)34-29(35-28)33-9-12-36-11-8-30(31,32)20-36/h2-6,17-18,40H,1,7-16,19-20H2,(H,33,34,35). The summed E-state index contributed by atoms with van der Waals surface area (Å²) in [6.07, 6.45) is 1.97. The number of carbonyl (C=O) groups is 1. The number of aromatic hydroxyl groups is 1. The molecule has 11 heteroatoms. The summed E-state index contributed by atoms with van der Waals surface area (Å²) in [7, 11) is 0. The van der Waals surface area contributed by atoms with Crippen molar-refractivity contribution < 1.29 is 18.7 Å². The molecule has 2 saturated heterocycles. The van der Waals surface area contributed by atoms with Crippen LogP contribution in [0.3, 0.4) is 0 Å². The molecular formula is C30H35F2N7O2. The lowest BCUT2D eigenvalue weighted by molar-refractivity contribution is -0.126. The maximum Gasteiger partial charge on any atom is 0.261 e. The summed E-state index contributed by atoms with van der Waals surface area (Å²) in [5.41, 5.74) is 2.93. The Labute approximate surface area is 238 Å². The van der Waals surface area contributed by atoms with Crippen molar-refractivity contribution in [1.29, 1.82) is 0 Å². The molecule has 1 amide bonds. The highest BCUT2D eigenvalue weighted by molar-refractivity contribution is 5.95. The third-order valence-electron chi connectivity index (χ3n) is 8.23. The molecule has 0 spiro atoms. The average Bonchev–Trinajstić information content (AvgIpc) is 3.33. The van der Waals surface area contributed by atoms with Crippen molar-refractivity contribution in [3.8, 4) is 5.75 Å². The number of halogens is 2. The van der Waals surface area contributed by atoms with Gasteiger partial charge in [0.2, 0.25) is 11.9 Å². The van der Waals surface area contributed by atoms with Gasteiger partial charge in [-0.3, -0.25) is 9.69 Å². The van der Waals surface area contributed by atoms with Gasteiger partial charge in [0, 0.05) is 81.5 Å². The number of amides is 1. The molecule has 0 atom stereocenters. The molecule has 2 N–H and O–H groups in total. The van der Waals surface area contributed by atoms with Gasteiger partial charge in [-0.15, -0.1) is 0 Å². The molecular weight excluding hydrogens is 528 g/mol. The number of rotatable bonds is 7. The van der Waals surface area contributed by atoms with E-state index in [0.717, 1.165) is 46.5 Å². The van der Waals surface area contributed by atoms with E-state index < -0.39 is 5.92 Å². The minimum atomic E-state index is -2.62. The van der Waals surface area contributed by atoms with E-state index in [-0.39, 0.29) is 24.6 Å². The van der Waals surface area contributed by atoms with Gasteiger partial charge >= 0.3 is 0 Å². The van der Waals surface area contributed by atoms with Crippen LogP contribution in [0.25, 0.3) is 10.8 Å². The van der Waals surface area contributed by atoms with Crippen molar-refractivity contribution in [1.82, 2.24) is 19.8 Å². The molecule has 3 aliphatic heterocycles. The quantitative estimate of drug-likeness (QED) is 0.423. The van der Waals surface area contributed by atoms with Crippen LogP contribution in [0, 0.1) is 0 Å². The summed E-state index contributed by atoms with van der Waals surface area (Å²) < 4.78 is 27.3. The molecule has 0 bridgehead atoms. The number of phenolic OH excluding ortho intramolecular Hbond substituents is 1. The van der Waals surface area contributed by atoms with Gasteiger partial charge in [-0.2, -0.15) is 4.98 Å². The monoisotopic (exact) mass is 563 g/mol. The fourth-order valence-corrected chi connectivity index (χ4v) is 6.08. The molecule has 3 aliphatic rings. The second kappa shape index (κ2) is 11.1. The number of aromatic nitrogens is 2. The minimum absolute atomic E-state index is 0.0711. The van der Waals surface area contributed by atoms with Crippen LogP contribution in [0.15, 0.2) is 49.1 Å².